The molecule has 0 N–H and O–H groups in total. The maximum absolute atomic E-state index is 11.6. The Labute approximate surface area is 202 Å². The fourth-order valence-corrected chi connectivity index (χ4v) is 13.7. The summed E-state index contributed by atoms with van der Waals surface area (Å²) in [6, 6.07) is 0.966. The Morgan fingerprint density at radius 2 is 1.21 bits per heavy atom. The van der Waals surface area contributed by atoms with E-state index in [1.54, 1.807) is 35.4 Å². The van der Waals surface area contributed by atoms with Gasteiger partial charge in [-0.1, -0.05) is 18.7 Å². The van der Waals surface area contributed by atoms with Crippen LogP contribution in [-0.2, 0) is 45.2 Å². The molecule has 0 aliphatic heterocycles. The summed E-state index contributed by atoms with van der Waals surface area (Å²) in [5, 5.41) is 0. The number of hydrogen-bond acceptors (Lipinski definition) is 10. The lowest BCUT2D eigenvalue weighted by Gasteiger charge is -2.39. The van der Waals surface area contributed by atoms with E-state index in [-0.39, 0.29) is 6.61 Å². The molecule has 0 saturated carbocycles. The average molecular weight is 527 g/mol. The number of esters is 1. The molecule has 0 atom stereocenters. The van der Waals surface area contributed by atoms with Gasteiger partial charge in [-0.3, -0.25) is 0 Å². The molecule has 194 valence electrons. The van der Waals surface area contributed by atoms with Crippen molar-refractivity contribution in [2.45, 2.75) is 51.9 Å². The van der Waals surface area contributed by atoms with Gasteiger partial charge in [0.05, 0.1) is 13.2 Å². The third-order valence-corrected chi connectivity index (χ3v) is 15.2. The Balaban J connectivity index is 4.97. The minimum Gasteiger partial charge on any atom is -0.462 e. The molecule has 0 aliphatic carbocycles. The van der Waals surface area contributed by atoms with E-state index in [0.717, 1.165) is 5.57 Å². The lowest BCUT2D eigenvalue weighted by Crippen LogP contribution is -2.59. The van der Waals surface area contributed by atoms with Gasteiger partial charge in [0.2, 0.25) is 0 Å². The summed E-state index contributed by atoms with van der Waals surface area (Å²) in [4.78, 5) is 21.8. The highest BCUT2D eigenvalue weighted by Crippen LogP contribution is 2.27. The first-order valence-corrected chi connectivity index (χ1v) is 17.4. The predicted octanol–water partition coefficient (Wildman–Crippen LogP) is 3.61. The Morgan fingerprint density at radius 1 is 0.758 bits per heavy atom. The van der Waals surface area contributed by atoms with Crippen molar-refractivity contribution in [2.24, 2.45) is 0 Å². The molecule has 0 radical (unpaired) electrons. The van der Waals surface area contributed by atoms with Gasteiger partial charge in [-0.05, 0) is 39.8 Å². The second kappa shape index (κ2) is 16.0. The Kier molecular flexibility index (Phi) is 15.7. The molecular formula is C20H42O10Si3. The molecule has 0 rings (SSSR count). The van der Waals surface area contributed by atoms with Crippen molar-refractivity contribution >= 4 is 32.1 Å². The average Bonchev–Trinajstić information content (AvgIpc) is 2.76. The van der Waals surface area contributed by atoms with Crippen LogP contribution in [0.5, 0.6) is 0 Å². The molecule has 0 unspecified atom stereocenters. The van der Waals surface area contributed by atoms with Crippen LogP contribution in [0.3, 0.4) is 0 Å². The third-order valence-electron chi connectivity index (χ3n) is 4.35. The molecule has 0 heterocycles. The number of carbonyl (C=O) groups is 1. The molecule has 10 nitrogen and oxygen atoms in total. The van der Waals surface area contributed by atoms with Gasteiger partial charge in [0.15, 0.2) is 0 Å². The van der Waals surface area contributed by atoms with E-state index in [9.17, 15) is 4.79 Å². The van der Waals surface area contributed by atoms with E-state index in [1.807, 2.05) is 20.0 Å². The zero-order chi connectivity index (χ0) is 25.5. The second-order valence-electron chi connectivity index (χ2n) is 7.95. The first-order valence-electron chi connectivity index (χ1n) is 10.7. The van der Waals surface area contributed by atoms with Crippen LogP contribution in [0.25, 0.3) is 0 Å². The summed E-state index contributed by atoms with van der Waals surface area (Å²) >= 11 is 0. The standard InChI is InChI=1S/C20H42O10Si3/c1-18(2)17-28-27-14-12-16-33(24-7,25-8)30-31(9,10)29-32(22-5,23-6)15-11-13-26-20(21)19(3)4/h1,3,11-17H2,2,4-10H3. The first kappa shape index (κ1) is 32.3. The minimum absolute atomic E-state index is 0.210. The Bertz CT molecular complexity index is 607. The monoisotopic (exact) mass is 526 g/mol. The van der Waals surface area contributed by atoms with Gasteiger partial charge in [-0.25, -0.2) is 14.6 Å². The summed E-state index contributed by atoms with van der Waals surface area (Å²) in [6.45, 7) is 15.5. The van der Waals surface area contributed by atoms with Gasteiger partial charge in [0, 0.05) is 46.1 Å². The Hall–Kier alpha value is -0.719. The molecule has 0 spiro atoms. The van der Waals surface area contributed by atoms with Crippen LogP contribution in [0.4, 0.5) is 0 Å². The van der Waals surface area contributed by atoms with Crippen LogP contribution < -0.4 is 0 Å². The number of ether oxygens (including phenoxy) is 1. The van der Waals surface area contributed by atoms with E-state index < -0.39 is 32.1 Å². The SMILES string of the molecule is C=C(C)COOCCC[Si](OC)(OC)O[Si](C)(C)O[Si](CCCOC(=O)C(=C)C)(OC)OC. The molecule has 0 aromatic heterocycles. The van der Waals surface area contributed by atoms with Crippen molar-refractivity contribution in [3.05, 3.63) is 24.3 Å². The van der Waals surface area contributed by atoms with Crippen molar-refractivity contribution < 1.29 is 45.2 Å². The lowest BCUT2D eigenvalue weighted by molar-refractivity contribution is -0.287. The van der Waals surface area contributed by atoms with Crippen molar-refractivity contribution in [3.8, 4) is 0 Å². The molecule has 0 aromatic carbocycles. The highest BCUT2D eigenvalue weighted by Gasteiger charge is 2.51. The molecule has 0 amide bonds. The van der Waals surface area contributed by atoms with Gasteiger partial charge >= 0.3 is 32.1 Å². The summed E-state index contributed by atoms with van der Waals surface area (Å²) in [6.07, 6.45) is 1.12. The fourth-order valence-electron chi connectivity index (χ4n) is 2.74. The molecule has 0 fully saturated rings. The zero-order valence-electron chi connectivity index (χ0n) is 21.4. The Morgan fingerprint density at radius 3 is 1.61 bits per heavy atom. The number of carbonyl (C=O) groups excluding carboxylic acids is 1. The largest absolute Gasteiger partial charge is 0.491 e. The summed E-state index contributed by atoms with van der Waals surface area (Å²) in [5.74, 6) is -0.430. The zero-order valence-corrected chi connectivity index (χ0v) is 24.4. The minimum atomic E-state index is -3.08. The van der Waals surface area contributed by atoms with Gasteiger partial charge in [0.25, 0.3) is 0 Å². The number of hydrogen-bond donors (Lipinski definition) is 0. The van der Waals surface area contributed by atoms with E-state index in [1.165, 1.54) is 0 Å². The van der Waals surface area contributed by atoms with Gasteiger partial charge in [0.1, 0.15) is 6.61 Å². The maximum atomic E-state index is 11.6. The van der Waals surface area contributed by atoms with E-state index in [4.69, 9.17) is 40.4 Å². The van der Waals surface area contributed by atoms with E-state index >= 15 is 0 Å². The molecule has 13 heteroatoms. The van der Waals surface area contributed by atoms with Crippen molar-refractivity contribution in [3.63, 3.8) is 0 Å². The van der Waals surface area contributed by atoms with Crippen LogP contribution in [0, 0.1) is 0 Å². The summed E-state index contributed by atoms with van der Waals surface area (Å²) in [7, 11) is -2.74. The highest BCUT2D eigenvalue weighted by molar-refractivity contribution is 6.82. The summed E-state index contributed by atoms with van der Waals surface area (Å²) in [5.41, 5.74) is 1.22. The van der Waals surface area contributed by atoms with Crippen LogP contribution in [0.15, 0.2) is 24.3 Å². The molecule has 0 saturated heterocycles. The van der Waals surface area contributed by atoms with Crippen molar-refractivity contribution in [2.75, 3.05) is 48.3 Å². The molecular weight excluding hydrogens is 484 g/mol. The van der Waals surface area contributed by atoms with E-state index in [0.29, 0.717) is 43.7 Å². The predicted molar refractivity (Wildman–Crippen MR) is 131 cm³/mol. The molecule has 0 aliphatic rings. The van der Waals surface area contributed by atoms with Gasteiger partial charge in [-0.2, -0.15) is 0 Å². The van der Waals surface area contributed by atoms with Crippen LogP contribution in [0.2, 0.25) is 25.2 Å². The summed E-state index contributed by atoms with van der Waals surface area (Å²) < 4.78 is 40.7. The maximum Gasteiger partial charge on any atom is 0.491 e. The smallest absolute Gasteiger partial charge is 0.462 e. The topological polar surface area (TPSA) is 100 Å². The normalized spacial score (nSPS) is 12.6. The van der Waals surface area contributed by atoms with Crippen LogP contribution in [-0.4, -0.2) is 80.4 Å². The van der Waals surface area contributed by atoms with Crippen LogP contribution in [0.1, 0.15) is 26.7 Å². The lowest BCUT2D eigenvalue weighted by atomic mass is 10.4. The first-order chi connectivity index (χ1) is 15.4. The van der Waals surface area contributed by atoms with Crippen LogP contribution >= 0.6 is 0 Å². The van der Waals surface area contributed by atoms with E-state index in [2.05, 4.69) is 13.2 Å². The quantitative estimate of drug-likeness (QED) is 0.0445. The molecule has 0 aromatic rings. The van der Waals surface area contributed by atoms with Crippen molar-refractivity contribution in [1.29, 1.82) is 0 Å². The van der Waals surface area contributed by atoms with Gasteiger partial charge in [-0.15, -0.1) is 0 Å². The molecule has 33 heavy (non-hydrogen) atoms. The second-order valence-corrected chi connectivity index (χ2v) is 17.7. The number of rotatable bonds is 20. The highest BCUT2D eigenvalue weighted by atomic mass is 28.5. The van der Waals surface area contributed by atoms with Crippen molar-refractivity contribution in [1.82, 2.24) is 0 Å². The molecule has 0 bridgehead atoms. The van der Waals surface area contributed by atoms with Gasteiger partial charge < -0.3 is 30.7 Å². The fraction of sp³-hybridized carbons (Fsp3) is 0.750. The third kappa shape index (κ3) is 13.1.